The maximum atomic E-state index is 5.67. The van der Waals surface area contributed by atoms with Gasteiger partial charge in [0.2, 0.25) is 0 Å². The Bertz CT molecular complexity index is 472. The maximum Gasteiger partial charge on any atom is 0.292 e. The van der Waals surface area contributed by atoms with E-state index in [9.17, 15) is 0 Å². The quantitative estimate of drug-likeness (QED) is 0.812. The molecule has 0 radical (unpaired) electrons. The summed E-state index contributed by atoms with van der Waals surface area (Å²) in [4.78, 5) is 3.88. The van der Waals surface area contributed by atoms with Crippen LogP contribution in [-0.4, -0.2) is 11.6 Å². The Balaban J connectivity index is 2.19. The van der Waals surface area contributed by atoms with Crippen molar-refractivity contribution in [3.05, 3.63) is 47.4 Å². The summed E-state index contributed by atoms with van der Waals surface area (Å²) in [6, 6.07) is 0. The van der Waals surface area contributed by atoms with Crippen molar-refractivity contribution >= 4 is 17.2 Å². The number of rotatable bonds is 4. The van der Waals surface area contributed by atoms with Crippen LogP contribution in [0.3, 0.4) is 0 Å². The molecule has 0 spiro atoms. The van der Waals surface area contributed by atoms with Gasteiger partial charge in [0.05, 0.1) is 12.8 Å². The van der Waals surface area contributed by atoms with Gasteiger partial charge in [0.25, 0.3) is 5.35 Å². The number of hydrogen-bond acceptors (Lipinski definition) is 3. The van der Waals surface area contributed by atoms with Gasteiger partial charge in [-0.05, 0) is 36.6 Å². The Hall–Kier alpha value is -1.48. The van der Waals surface area contributed by atoms with Gasteiger partial charge >= 0.3 is 0 Å². The van der Waals surface area contributed by atoms with E-state index < -0.39 is 0 Å². The number of oxazole rings is 1. The largest absolute Gasteiger partial charge is 0.494 e. The molecule has 0 saturated carbocycles. The molecule has 0 saturated heterocycles. The molecule has 3 nitrogen and oxygen atoms in total. The number of allylic oxidation sites excluding steroid dienone is 5. The first kappa shape index (κ1) is 12.0. The van der Waals surface area contributed by atoms with Crippen LogP contribution in [0, 0.1) is 0 Å². The molecule has 2 rings (SSSR count). The third-order valence-electron chi connectivity index (χ3n) is 2.29. The standard InChI is InChI=1S/C13H14ClNO2/c1-2-7-16-11-6-4-3-5-10(8-11)12-9-15-13(14)17-12/h4-6,8-9H,2-3,7H2,1H3. The second-order valence-corrected chi connectivity index (χ2v) is 3.99. The molecule has 0 aliphatic heterocycles. The van der Waals surface area contributed by atoms with E-state index in [0.29, 0.717) is 12.4 Å². The van der Waals surface area contributed by atoms with Gasteiger partial charge in [0, 0.05) is 5.57 Å². The summed E-state index contributed by atoms with van der Waals surface area (Å²) in [5, 5.41) is 0.155. The molecular formula is C13H14ClNO2. The van der Waals surface area contributed by atoms with Gasteiger partial charge in [0.15, 0.2) is 5.76 Å². The second kappa shape index (κ2) is 5.73. The number of hydrogen-bond donors (Lipinski definition) is 0. The van der Waals surface area contributed by atoms with Gasteiger partial charge in [-0.25, -0.2) is 4.98 Å². The van der Waals surface area contributed by atoms with E-state index in [2.05, 4.69) is 18.0 Å². The minimum Gasteiger partial charge on any atom is -0.494 e. The first-order chi connectivity index (χ1) is 8.29. The lowest BCUT2D eigenvalue weighted by molar-refractivity contribution is 0.225. The van der Waals surface area contributed by atoms with Gasteiger partial charge in [-0.2, -0.15) is 0 Å². The Morgan fingerprint density at radius 2 is 2.41 bits per heavy atom. The third kappa shape index (κ3) is 3.24. The average Bonchev–Trinajstić information content (AvgIpc) is 2.63. The van der Waals surface area contributed by atoms with Crippen molar-refractivity contribution in [2.45, 2.75) is 19.8 Å². The molecule has 0 aromatic carbocycles. The van der Waals surface area contributed by atoms with E-state index in [1.807, 2.05) is 18.2 Å². The Kier molecular flexibility index (Phi) is 4.04. The van der Waals surface area contributed by atoms with Crippen LogP contribution in [0.2, 0.25) is 5.35 Å². The molecule has 1 aromatic heterocycles. The fourth-order valence-corrected chi connectivity index (χ4v) is 1.64. The van der Waals surface area contributed by atoms with Crippen molar-refractivity contribution in [1.82, 2.24) is 4.98 Å². The highest BCUT2D eigenvalue weighted by molar-refractivity contribution is 6.27. The van der Waals surface area contributed by atoms with Gasteiger partial charge in [0.1, 0.15) is 5.76 Å². The Labute approximate surface area is 105 Å². The van der Waals surface area contributed by atoms with Crippen LogP contribution in [0.5, 0.6) is 0 Å². The lowest BCUT2D eigenvalue weighted by atomic mass is 10.2. The predicted octanol–water partition coefficient (Wildman–Crippen LogP) is 3.98. The zero-order valence-corrected chi connectivity index (χ0v) is 10.4. The van der Waals surface area contributed by atoms with E-state index in [-0.39, 0.29) is 5.35 Å². The highest BCUT2D eigenvalue weighted by atomic mass is 35.5. The third-order valence-corrected chi connectivity index (χ3v) is 2.46. The first-order valence-corrected chi connectivity index (χ1v) is 6.00. The van der Waals surface area contributed by atoms with Crippen molar-refractivity contribution < 1.29 is 9.15 Å². The van der Waals surface area contributed by atoms with Crippen LogP contribution >= 0.6 is 11.6 Å². The van der Waals surface area contributed by atoms with Crippen LogP contribution in [0.4, 0.5) is 0 Å². The molecule has 0 bridgehead atoms. The van der Waals surface area contributed by atoms with Crippen molar-refractivity contribution in [3.8, 4) is 0 Å². The lowest BCUT2D eigenvalue weighted by Gasteiger charge is -2.04. The topological polar surface area (TPSA) is 35.3 Å². The minimum atomic E-state index is 0.155. The molecule has 90 valence electrons. The van der Waals surface area contributed by atoms with Crippen molar-refractivity contribution in [2.24, 2.45) is 0 Å². The molecule has 0 fully saturated rings. The summed E-state index contributed by atoms with van der Waals surface area (Å²) in [5.74, 6) is 1.50. The SMILES string of the molecule is CCCOC1=CC(c2cnc(Cl)o2)=CCC=C1. The van der Waals surface area contributed by atoms with Crippen molar-refractivity contribution in [3.63, 3.8) is 0 Å². The summed E-state index contributed by atoms with van der Waals surface area (Å²) < 4.78 is 10.9. The van der Waals surface area contributed by atoms with Crippen LogP contribution in [0.25, 0.3) is 5.57 Å². The molecule has 0 unspecified atom stereocenters. The smallest absolute Gasteiger partial charge is 0.292 e. The summed E-state index contributed by atoms with van der Waals surface area (Å²) in [6.45, 7) is 2.79. The van der Waals surface area contributed by atoms with Crippen LogP contribution in [0.1, 0.15) is 25.5 Å². The van der Waals surface area contributed by atoms with Gasteiger partial charge in [-0.15, -0.1) is 0 Å². The highest BCUT2D eigenvalue weighted by Crippen LogP contribution is 2.24. The molecule has 17 heavy (non-hydrogen) atoms. The predicted molar refractivity (Wildman–Crippen MR) is 67.6 cm³/mol. The monoisotopic (exact) mass is 251 g/mol. The zero-order valence-electron chi connectivity index (χ0n) is 9.65. The minimum absolute atomic E-state index is 0.155. The van der Waals surface area contributed by atoms with E-state index >= 15 is 0 Å². The van der Waals surface area contributed by atoms with E-state index in [1.165, 1.54) is 0 Å². The van der Waals surface area contributed by atoms with Gasteiger partial charge in [-0.1, -0.05) is 19.1 Å². The summed E-state index contributed by atoms with van der Waals surface area (Å²) in [7, 11) is 0. The van der Waals surface area contributed by atoms with Gasteiger partial charge in [-0.3, -0.25) is 0 Å². The fraction of sp³-hybridized carbons (Fsp3) is 0.308. The normalized spacial score (nSPS) is 15.2. The number of halogens is 1. The van der Waals surface area contributed by atoms with E-state index in [1.54, 1.807) is 6.20 Å². The Morgan fingerprint density at radius 3 is 3.12 bits per heavy atom. The number of aromatic nitrogens is 1. The molecule has 1 aliphatic carbocycles. The molecule has 0 N–H and O–H groups in total. The van der Waals surface area contributed by atoms with Crippen LogP contribution < -0.4 is 0 Å². The molecule has 1 aromatic rings. The van der Waals surface area contributed by atoms with Crippen molar-refractivity contribution in [1.29, 1.82) is 0 Å². The number of ether oxygens (including phenoxy) is 1. The summed E-state index contributed by atoms with van der Waals surface area (Å²) in [6.07, 6.45) is 11.4. The lowest BCUT2D eigenvalue weighted by Crippen LogP contribution is -1.91. The highest BCUT2D eigenvalue weighted by Gasteiger charge is 2.08. The maximum absolute atomic E-state index is 5.67. The van der Waals surface area contributed by atoms with Crippen LogP contribution in [-0.2, 0) is 4.74 Å². The van der Waals surface area contributed by atoms with Gasteiger partial charge < -0.3 is 9.15 Å². The van der Waals surface area contributed by atoms with E-state index in [4.69, 9.17) is 20.8 Å². The molecular weight excluding hydrogens is 238 g/mol. The first-order valence-electron chi connectivity index (χ1n) is 5.62. The zero-order chi connectivity index (χ0) is 12.1. The molecule has 4 heteroatoms. The fourth-order valence-electron chi connectivity index (χ4n) is 1.51. The molecule has 1 heterocycles. The molecule has 1 aliphatic rings. The second-order valence-electron chi connectivity index (χ2n) is 3.67. The van der Waals surface area contributed by atoms with Crippen molar-refractivity contribution in [2.75, 3.05) is 6.61 Å². The average molecular weight is 252 g/mol. The summed E-state index contributed by atoms with van der Waals surface area (Å²) >= 11 is 5.67. The molecule has 0 amide bonds. The number of nitrogens with zero attached hydrogens (tertiary/aromatic N) is 1. The summed E-state index contributed by atoms with van der Waals surface area (Å²) in [5.41, 5.74) is 0.945. The van der Waals surface area contributed by atoms with E-state index in [0.717, 1.165) is 24.2 Å². The molecule has 0 atom stereocenters. The van der Waals surface area contributed by atoms with Crippen LogP contribution in [0.15, 0.2) is 40.7 Å². The Morgan fingerprint density at radius 1 is 1.53 bits per heavy atom.